The molecule has 0 aliphatic rings. The molecule has 1 aromatic rings. The van der Waals surface area contributed by atoms with Crippen molar-refractivity contribution in [3.63, 3.8) is 0 Å². The van der Waals surface area contributed by atoms with Gasteiger partial charge in [-0.05, 0) is 33.7 Å². The first-order chi connectivity index (χ1) is 8.94. The molecule has 1 heterocycles. The Labute approximate surface area is 118 Å². The Bertz CT molecular complexity index is 435. The van der Waals surface area contributed by atoms with E-state index in [9.17, 15) is 4.79 Å². The summed E-state index contributed by atoms with van der Waals surface area (Å²) in [5.74, 6) is 1.56. The number of thioether (sulfide) groups is 1. The third-order valence-electron chi connectivity index (χ3n) is 3.29. The highest BCUT2D eigenvalue weighted by atomic mass is 32.2. The van der Waals surface area contributed by atoms with Crippen LogP contribution in [0.1, 0.15) is 25.6 Å². The average Bonchev–Trinajstić information content (AvgIpc) is 2.74. The van der Waals surface area contributed by atoms with E-state index in [0.717, 1.165) is 29.6 Å². The molecule has 1 rings (SSSR count). The number of carbonyl (C=O) groups excluding carboxylic acids is 1. The van der Waals surface area contributed by atoms with Crippen molar-refractivity contribution in [1.82, 2.24) is 20.1 Å². The zero-order valence-electron chi connectivity index (χ0n) is 12.2. The topological polar surface area (TPSA) is 69.0 Å². The smallest absolute Gasteiger partial charge is 0.325 e. The van der Waals surface area contributed by atoms with Crippen LogP contribution in [0.5, 0.6) is 0 Å². The van der Waals surface area contributed by atoms with E-state index in [-0.39, 0.29) is 5.97 Å². The zero-order valence-corrected chi connectivity index (χ0v) is 13.0. The van der Waals surface area contributed by atoms with Crippen LogP contribution in [0.4, 0.5) is 0 Å². The summed E-state index contributed by atoms with van der Waals surface area (Å²) in [6, 6.07) is 0. The van der Waals surface area contributed by atoms with Gasteiger partial charge in [-0.3, -0.25) is 4.79 Å². The number of methoxy groups -OCH3 is 1. The number of likely N-dealkylation sites (N-methyl/N-ethyl adjacent to an activating group) is 1. The number of aryl methyl sites for hydroxylation is 1. The molecule has 0 spiro atoms. The quantitative estimate of drug-likeness (QED) is 0.461. The van der Waals surface area contributed by atoms with Crippen molar-refractivity contribution in [1.29, 1.82) is 0 Å². The predicted molar refractivity (Wildman–Crippen MR) is 75.2 cm³/mol. The van der Waals surface area contributed by atoms with Crippen LogP contribution in [0.15, 0.2) is 5.16 Å². The highest BCUT2D eigenvalue weighted by Crippen LogP contribution is 2.20. The number of carbonyl (C=O) groups is 1. The van der Waals surface area contributed by atoms with Crippen molar-refractivity contribution in [2.45, 2.75) is 37.4 Å². The number of nitrogens with one attached hydrogen (secondary N) is 1. The molecule has 1 N–H and O–H groups in total. The Morgan fingerprint density at radius 2 is 2.21 bits per heavy atom. The van der Waals surface area contributed by atoms with Crippen molar-refractivity contribution in [3.05, 3.63) is 5.82 Å². The van der Waals surface area contributed by atoms with Gasteiger partial charge in [0.25, 0.3) is 0 Å². The van der Waals surface area contributed by atoms with Gasteiger partial charge in [0.05, 0.1) is 7.11 Å². The van der Waals surface area contributed by atoms with Gasteiger partial charge in [0.1, 0.15) is 11.4 Å². The maximum atomic E-state index is 11.7. The third kappa shape index (κ3) is 3.94. The van der Waals surface area contributed by atoms with Gasteiger partial charge >= 0.3 is 5.97 Å². The summed E-state index contributed by atoms with van der Waals surface area (Å²) in [7, 11) is 5.13. The number of nitrogens with zero attached hydrogens (tertiary/aromatic N) is 3. The van der Waals surface area contributed by atoms with Crippen LogP contribution in [0.3, 0.4) is 0 Å². The zero-order chi connectivity index (χ0) is 14.5. The van der Waals surface area contributed by atoms with Crippen molar-refractivity contribution >= 4 is 17.7 Å². The molecule has 1 aromatic heterocycles. The first-order valence-electron chi connectivity index (χ1n) is 6.20. The largest absolute Gasteiger partial charge is 0.468 e. The van der Waals surface area contributed by atoms with Crippen molar-refractivity contribution in [3.8, 4) is 0 Å². The number of hydrogen-bond donors (Lipinski definition) is 1. The van der Waals surface area contributed by atoms with Crippen molar-refractivity contribution in [2.75, 3.05) is 19.9 Å². The predicted octanol–water partition coefficient (Wildman–Crippen LogP) is 1.15. The Morgan fingerprint density at radius 1 is 1.53 bits per heavy atom. The molecule has 108 valence electrons. The molecular weight excluding hydrogens is 264 g/mol. The van der Waals surface area contributed by atoms with Gasteiger partial charge in [0.2, 0.25) is 0 Å². The van der Waals surface area contributed by atoms with Gasteiger partial charge in [-0.25, -0.2) is 0 Å². The SMILES string of the molecule is CNC(C)(CCCSc1nnc(C)n1C)C(=O)OC. The molecule has 1 unspecified atom stereocenters. The number of rotatable bonds is 7. The second-order valence-electron chi connectivity index (χ2n) is 4.61. The van der Waals surface area contributed by atoms with Crippen LogP contribution in [-0.4, -0.2) is 46.2 Å². The fourth-order valence-corrected chi connectivity index (χ4v) is 2.55. The highest BCUT2D eigenvalue weighted by Gasteiger charge is 2.31. The molecule has 0 bridgehead atoms. The lowest BCUT2D eigenvalue weighted by atomic mass is 9.97. The number of ether oxygens (including phenoxy) is 1. The molecule has 6 nitrogen and oxygen atoms in total. The molecule has 0 amide bonds. The lowest BCUT2D eigenvalue weighted by Gasteiger charge is -2.25. The van der Waals surface area contributed by atoms with E-state index in [4.69, 9.17) is 4.74 Å². The molecule has 0 radical (unpaired) electrons. The summed E-state index contributed by atoms with van der Waals surface area (Å²) < 4.78 is 6.77. The summed E-state index contributed by atoms with van der Waals surface area (Å²) >= 11 is 1.65. The molecule has 0 saturated carbocycles. The fourth-order valence-electron chi connectivity index (χ4n) is 1.66. The van der Waals surface area contributed by atoms with E-state index in [1.165, 1.54) is 7.11 Å². The Hall–Kier alpha value is -1.08. The lowest BCUT2D eigenvalue weighted by Crippen LogP contribution is -2.48. The minimum atomic E-state index is -0.620. The summed E-state index contributed by atoms with van der Waals surface area (Å²) in [5.41, 5.74) is -0.620. The van der Waals surface area contributed by atoms with Gasteiger partial charge < -0.3 is 14.6 Å². The minimum absolute atomic E-state index is 0.227. The van der Waals surface area contributed by atoms with Crippen molar-refractivity contribution in [2.24, 2.45) is 7.05 Å². The fraction of sp³-hybridized carbons (Fsp3) is 0.750. The van der Waals surface area contributed by atoms with Crippen molar-refractivity contribution < 1.29 is 9.53 Å². The van der Waals surface area contributed by atoms with Crippen LogP contribution in [0.25, 0.3) is 0 Å². The Kier molecular flexibility index (Phi) is 5.81. The molecule has 0 saturated heterocycles. The number of esters is 1. The number of aromatic nitrogens is 3. The summed E-state index contributed by atoms with van der Waals surface area (Å²) in [6.45, 7) is 3.78. The Balaban J connectivity index is 2.42. The van der Waals surface area contributed by atoms with Crippen LogP contribution < -0.4 is 5.32 Å². The molecule has 7 heteroatoms. The van der Waals surface area contributed by atoms with E-state index in [0.29, 0.717) is 0 Å². The summed E-state index contributed by atoms with van der Waals surface area (Å²) in [5, 5.41) is 12.0. The van der Waals surface area contributed by atoms with Gasteiger partial charge in [0, 0.05) is 12.8 Å². The van der Waals surface area contributed by atoms with E-state index in [2.05, 4.69) is 15.5 Å². The van der Waals surface area contributed by atoms with E-state index in [1.54, 1.807) is 18.8 Å². The maximum absolute atomic E-state index is 11.7. The molecule has 0 fully saturated rings. The molecule has 0 aliphatic carbocycles. The van der Waals surface area contributed by atoms with Crippen LogP contribution in [0.2, 0.25) is 0 Å². The second kappa shape index (κ2) is 6.91. The summed E-state index contributed by atoms with van der Waals surface area (Å²) in [6.07, 6.45) is 1.61. The lowest BCUT2D eigenvalue weighted by molar-refractivity contribution is -0.148. The molecular formula is C12H22N4O2S. The van der Waals surface area contributed by atoms with Gasteiger partial charge in [0.15, 0.2) is 5.16 Å². The monoisotopic (exact) mass is 286 g/mol. The number of hydrogen-bond acceptors (Lipinski definition) is 6. The van der Waals surface area contributed by atoms with Crippen LogP contribution in [-0.2, 0) is 16.6 Å². The first-order valence-corrected chi connectivity index (χ1v) is 7.19. The first kappa shape index (κ1) is 16.0. The highest BCUT2D eigenvalue weighted by molar-refractivity contribution is 7.99. The van der Waals surface area contributed by atoms with E-state index in [1.807, 2.05) is 25.5 Å². The average molecular weight is 286 g/mol. The minimum Gasteiger partial charge on any atom is -0.468 e. The molecule has 0 aliphatic heterocycles. The second-order valence-corrected chi connectivity index (χ2v) is 5.68. The van der Waals surface area contributed by atoms with E-state index < -0.39 is 5.54 Å². The van der Waals surface area contributed by atoms with Crippen LogP contribution >= 0.6 is 11.8 Å². The molecule has 0 aromatic carbocycles. The van der Waals surface area contributed by atoms with Gasteiger partial charge in [-0.1, -0.05) is 11.8 Å². The third-order valence-corrected chi connectivity index (χ3v) is 4.40. The van der Waals surface area contributed by atoms with E-state index >= 15 is 0 Å². The van der Waals surface area contributed by atoms with Gasteiger partial charge in [-0.15, -0.1) is 10.2 Å². The standard InChI is InChI=1S/C12H22N4O2S/c1-9-14-15-11(16(9)4)19-8-6-7-12(2,13-3)10(17)18-5/h13H,6-8H2,1-5H3. The maximum Gasteiger partial charge on any atom is 0.325 e. The Morgan fingerprint density at radius 3 is 2.68 bits per heavy atom. The molecule has 1 atom stereocenters. The van der Waals surface area contributed by atoms with Gasteiger partial charge in [-0.2, -0.15) is 0 Å². The summed E-state index contributed by atoms with van der Waals surface area (Å²) in [4.78, 5) is 11.7. The molecule has 19 heavy (non-hydrogen) atoms. The van der Waals surface area contributed by atoms with Crippen LogP contribution in [0, 0.1) is 6.92 Å². The normalized spacial score (nSPS) is 14.2.